The van der Waals surface area contributed by atoms with E-state index in [2.05, 4.69) is 4.74 Å². The Hall–Kier alpha value is -1.33. The second kappa shape index (κ2) is 10.4. The van der Waals surface area contributed by atoms with E-state index in [0.717, 1.165) is 0 Å². The monoisotopic (exact) mass is 409 g/mol. The summed E-state index contributed by atoms with van der Waals surface area (Å²) >= 11 is 0. The molecular weight excluding hydrogens is 378 g/mol. The molecule has 2 fully saturated rings. The van der Waals surface area contributed by atoms with Gasteiger partial charge in [0.15, 0.2) is 18.6 Å². The fourth-order valence-electron chi connectivity index (χ4n) is 3.10. The summed E-state index contributed by atoms with van der Waals surface area (Å²) in [7, 11) is 0. The molecular formula is C18H31FO9. The van der Waals surface area contributed by atoms with Gasteiger partial charge < -0.3 is 34.3 Å². The zero-order chi connectivity index (χ0) is 21.8. The summed E-state index contributed by atoms with van der Waals surface area (Å²) in [5, 5.41) is 26.7. The number of esters is 2. The fourth-order valence-corrected chi connectivity index (χ4v) is 3.10. The van der Waals surface area contributed by atoms with Crippen molar-refractivity contribution in [3.05, 3.63) is 0 Å². The minimum atomic E-state index is -1.93. The van der Waals surface area contributed by atoms with Crippen molar-refractivity contribution in [2.45, 2.75) is 96.7 Å². The summed E-state index contributed by atoms with van der Waals surface area (Å²) in [5.41, 5.74) is 0. The third-order valence-electron chi connectivity index (χ3n) is 4.86. The van der Waals surface area contributed by atoms with E-state index in [4.69, 9.17) is 29.5 Å². The molecule has 0 bridgehead atoms. The lowest BCUT2D eigenvalue weighted by molar-refractivity contribution is -0.261. The van der Waals surface area contributed by atoms with E-state index in [1.54, 1.807) is 0 Å². The van der Waals surface area contributed by atoms with Crippen LogP contribution in [0.2, 0.25) is 0 Å². The molecule has 9 nitrogen and oxygen atoms in total. The number of ether oxygens (including phenoxy) is 4. The second-order valence-electron chi connectivity index (χ2n) is 7.21. The largest absolute Gasteiger partial charge is 0.458 e. The molecule has 10 heteroatoms. The molecule has 10 atom stereocenters. The number of aliphatic hydroxyl groups is 3. The summed E-state index contributed by atoms with van der Waals surface area (Å²) in [5.74, 6) is -0.788. The molecule has 0 amide bonds. The molecule has 2 rings (SSSR count). The minimum Gasteiger partial charge on any atom is -0.458 e. The Kier molecular flexibility index (Phi) is 9.22. The van der Waals surface area contributed by atoms with E-state index in [9.17, 15) is 14.0 Å². The van der Waals surface area contributed by atoms with Crippen molar-refractivity contribution >= 4 is 11.9 Å². The van der Waals surface area contributed by atoms with Crippen LogP contribution in [-0.2, 0) is 28.5 Å². The maximum Gasteiger partial charge on any atom is 0.303 e. The summed E-state index contributed by atoms with van der Waals surface area (Å²) in [6.45, 7) is 9.78. The molecule has 2 heterocycles. The second-order valence-corrected chi connectivity index (χ2v) is 7.21. The van der Waals surface area contributed by atoms with Gasteiger partial charge in [0.1, 0.15) is 18.3 Å². The standard InChI is InChI=1S/C12H20O5.C6H11FO4/c1-6-7(2)15-8(3)12(17-10(5)14)11(6)16-9(4)13;1-2-4(8)5(9)3(7)6(10)11-2/h6-8,11-12H,1-5H3;2-6,8-10H,1H3/t6-,7?,8+,11+,12+;2-,3+,4-,5-,6?/m10/s1/i;7-1. The zero-order valence-corrected chi connectivity index (χ0v) is 16.9. The first-order chi connectivity index (χ1) is 12.9. The van der Waals surface area contributed by atoms with Gasteiger partial charge in [-0.15, -0.1) is 0 Å². The van der Waals surface area contributed by atoms with Crippen molar-refractivity contribution in [2.24, 2.45) is 5.92 Å². The number of rotatable bonds is 2. The third-order valence-corrected chi connectivity index (χ3v) is 4.86. The normalized spacial score (nSPS) is 43.4. The van der Waals surface area contributed by atoms with E-state index in [0.29, 0.717) is 0 Å². The molecule has 0 saturated carbocycles. The molecule has 0 aromatic carbocycles. The molecule has 0 aromatic rings. The van der Waals surface area contributed by atoms with Crippen molar-refractivity contribution in [2.75, 3.05) is 0 Å². The summed E-state index contributed by atoms with van der Waals surface area (Å²) in [6.07, 6.45) is -8.45. The van der Waals surface area contributed by atoms with Gasteiger partial charge in [-0.3, -0.25) is 9.59 Å². The summed E-state index contributed by atoms with van der Waals surface area (Å²) in [6, 6.07) is 0. The Morgan fingerprint density at radius 3 is 1.79 bits per heavy atom. The number of aliphatic hydroxyl groups excluding tert-OH is 3. The van der Waals surface area contributed by atoms with Gasteiger partial charge in [0, 0.05) is 19.8 Å². The topological polar surface area (TPSA) is 132 Å². The zero-order valence-electron chi connectivity index (χ0n) is 16.9. The van der Waals surface area contributed by atoms with Gasteiger partial charge in [-0.1, -0.05) is 6.92 Å². The molecule has 0 aromatic heterocycles. The molecule has 164 valence electrons. The average molecular weight is 409 g/mol. The highest BCUT2D eigenvalue weighted by atomic mass is 18.2. The quantitative estimate of drug-likeness (QED) is 0.542. The van der Waals surface area contributed by atoms with Gasteiger partial charge in [0.05, 0.1) is 18.3 Å². The maximum absolute atomic E-state index is 12.6. The third kappa shape index (κ3) is 6.35. The van der Waals surface area contributed by atoms with Gasteiger partial charge in [0.2, 0.25) is 0 Å². The van der Waals surface area contributed by atoms with Gasteiger partial charge >= 0.3 is 11.9 Å². The minimum absolute atomic E-state index is 0.0144. The van der Waals surface area contributed by atoms with Gasteiger partial charge in [-0.2, -0.15) is 0 Å². The fraction of sp³-hybridized carbons (Fsp3) is 0.889. The lowest BCUT2D eigenvalue weighted by Crippen LogP contribution is -2.54. The molecule has 2 aliphatic rings. The lowest BCUT2D eigenvalue weighted by Gasteiger charge is -2.42. The van der Waals surface area contributed by atoms with Gasteiger partial charge in [-0.05, 0) is 20.8 Å². The highest BCUT2D eigenvalue weighted by molar-refractivity contribution is 5.67. The highest BCUT2D eigenvalue weighted by Crippen LogP contribution is 2.30. The number of hydrogen-bond donors (Lipinski definition) is 3. The van der Waals surface area contributed by atoms with Crippen LogP contribution >= 0.6 is 0 Å². The smallest absolute Gasteiger partial charge is 0.303 e. The Balaban J connectivity index is 0.000000307. The van der Waals surface area contributed by atoms with Crippen LogP contribution < -0.4 is 0 Å². The van der Waals surface area contributed by atoms with Crippen LogP contribution in [0.15, 0.2) is 0 Å². The van der Waals surface area contributed by atoms with Crippen LogP contribution in [-0.4, -0.2) is 82.4 Å². The Morgan fingerprint density at radius 1 is 0.786 bits per heavy atom. The Bertz CT molecular complexity index is 517. The SMILES string of the molecule is CC(=O)O[C@@H]1[C@@H](OC(C)=O)[C@H](C)C(C)O[C@H]1C.C[C@@H]1OC(O)[C@H]([18F])[C@H](O)[C@H]1O. The van der Waals surface area contributed by atoms with Crippen molar-refractivity contribution in [3.63, 3.8) is 0 Å². The van der Waals surface area contributed by atoms with Crippen molar-refractivity contribution < 1.29 is 48.2 Å². The van der Waals surface area contributed by atoms with Gasteiger partial charge in [0.25, 0.3) is 0 Å². The summed E-state index contributed by atoms with van der Waals surface area (Å²) in [4.78, 5) is 22.2. The predicted octanol–water partition coefficient (Wildman–Crippen LogP) is 0.0765. The van der Waals surface area contributed by atoms with Crippen LogP contribution in [0.3, 0.4) is 0 Å². The van der Waals surface area contributed by atoms with Crippen molar-refractivity contribution in [1.82, 2.24) is 0 Å². The number of carbonyl (C=O) groups is 2. The van der Waals surface area contributed by atoms with Crippen LogP contribution in [0.25, 0.3) is 0 Å². The van der Waals surface area contributed by atoms with E-state index < -0.39 is 49.0 Å². The van der Waals surface area contributed by atoms with Crippen LogP contribution in [0, 0.1) is 5.92 Å². The molecule has 3 N–H and O–H groups in total. The van der Waals surface area contributed by atoms with Crippen molar-refractivity contribution in [1.29, 1.82) is 0 Å². The number of halogens is 1. The number of carbonyl (C=O) groups excluding carboxylic acids is 2. The first-order valence-corrected chi connectivity index (χ1v) is 9.20. The van der Waals surface area contributed by atoms with Gasteiger partial charge in [-0.25, -0.2) is 4.39 Å². The molecule has 0 aliphatic carbocycles. The molecule has 0 spiro atoms. The maximum atomic E-state index is 12.6. The predicted molar refractivity (Wildman–Crippen MR) is 93.7 cm³/mol. The Morgan fingerprint density at radius 2 is 1.29 bits per heavy atom. The highest BCUT2D eigenvalue weighted by Gasteiger charge is 2.44. The van der Waals surface area contributed by atoms with Crippen LogP contribution in [0.5, 0.6) is 0 Å². The van der Waals surface area contributed by atoms with E-state index >= 15 is 0 Å². The lowest BCUT2D eigenvalue weighted by atomic mass is 9.89. The molecule has 2 saturated heterocycles. The number of hydrogen-bond acceptors (Lipinski definition) is 9. The Labute approximate surface area is 163 Å². The van der Waals surface area contributed by atoms with E-state index in [-0.39, 0.29) is 24.1 Å². The molecule has 0 radical (unpaired) electrons. The average Bonchev–Trinajstić information content (AvgIpc) is 2.59. The molecule has 2 aliphatic heterocycles. The number of alkyl halides is 1. The first-order valence-electron chi connectivity index (χ1n) is 9.20. The summed E-state index contributed by atoms with van der Waals surface area (Å²) < 4.78 is 33.3. The van der Waals surface area contributed by atoms with Crippen LogP contribution in [0.1, 0.15) is 41.5 Å². The van der Waals surface area contributed by atoms with E-state index in [1.165, 1.54) is 20.8 Å². The van der Waals surface area contributed by atoms with E-state index in [1.807, 2.05) is 20.8 Å². The van der Waals surface area contributed by atoms with Crippen molar-refractivity contribution in [3.8, 4) is 0 Å². The van der Waals surface area contributed by atoms with Crippen LogP contribution in [0.4, 0.5) is 4.39 Å². The molecule has 28 heavy (non-hydrogen) atoms. The first kappa shape index (κ1) is 24.7. The molecule has 2 unspecified atom stereocenters.